The van der Waals surface area contributed by atoms with Gasteiger partial charge in [0, 0.05) is 19.8 Å². The Hall–Kier alpha value is -3.36. The second-order valence-electron chi connectivity index (χ2n) is 5.09. The number of hydrogen-bond donors (Lipinski definition) is 2. The van der Waals surface area contributed by atoms with E-state index in [1.54, 1.807) is 0 Å². The van der Waals surface area contributed by atoms with Crippen LogP contribution in [0.3, 0.4) is 0 Å². The molecule has 0 saturated heterocycles. The highest BCUT2D eigenvalue weighted by atomic mass is 16.5. The smallest absolute Gasteiger partial charge is 0.338 e. The van der Waals surface area contributed by atoms with Crippen LogP contribution in [0.2, 0.25) is 0 Å². The number of Topliss-reactive ketones (excluding diaryl/α,β-unsaturated/α-hetero) is 1. The second-order valence-corrected chi connectivity index (χ2v) is 5.09. The minimum absolute atomic E-state index is 0.207. The summed E-state index contributed by atoms with van der Waals surface area (Å²) in [6.07, 6.45) is 0. The topological polar surface area (TPSA) is 139 Å². The largest absolute Gasteiger partial charge is 0.454 e. The van der Waals surface area contributed by atoms with Gasteiger partial charge >= 0.3 is 11.7 Å². The lowest BCUT2D eigenvalue weighted by molar-refractivity contribution is 0.0474. The first kappa shape index (κ1) is 17.0. The van der Waals surface area contributed by atoms with E-state index in [0.29, 0.717) is 5.69 Å². The van der Waals surface area contributed by atoms with Gasteiger partial charge in [0.15, 0.2) is 6.61 Å². The van der Waals surface area contributed by atoms with Gasteiger partial charge in [0.25, 0.3) is 5.56 Å². The van der Waals surface area contributed by atoms with Crippen molar-refractivity contribution in [2.75, 3.05) is 18.1 Å². The Morgan fingerprint density at radius 1 is 1.04 bits per heavy atom. The van der Waals surface area contributed by atoms with Crippen molar-refractivity contribution in [1.82, 2.24) is 9.13 Å². The molecule has 0 fully saturated rings. The fraction of sp³-hybridized carbons (Fsp3) is 0.200. The van der Waals surface area contributed by atoms with Crippen molar-refractivity contribution in [2.45, 2.75) is 0 Å². The molecular weight excluding hydrogens is 316 g/mol. The number of nitrogens with zero attached hydrogens (tertiary/aromatic N) is 2. The molecule has 2 rings (SSSR count). The van der Waals surface area contributed by atoms with Gasteiger partial charge in [-0.05, 0) is 24.3 Å². The fourth-order valence-corrected chi connectivity index (χ4v) is 2.03. The third kappa shape index (κ3) is 3.05. The minimum Gasteiger partial charge on any atom is -0.454 e. The summed E-state index contributed by atoms with van der Waals surface area (Å²) in [5.74, 6) is -1.83. The van der Waals surface area contributed by atoms with Gasteiger partial charge in [-0.3, -0.25) is 18.7 Å². The molecule has 2 aromatic rings. The molecule has 126 valence electrons. The summed E-state index contributed by atoms with van der Waals surface area (Å²) >= 11 is 0. The molecule has 9 nitrogen and oxygen atoms in total. The second kappa shape index (κ2) is 6.41. The lowest BCUT2D eigenvalue weighted by atomic mass is 10.2. The third-order valence-electron chi connectivity index (χ3n) is 3.47. The van der Waals surface area contributed by atoms with E-state index >= 15 is 0 Å². The summed E-state index contributed by atoms with van der Waals surface area (Å²) in [5, 5.41) is 0. The van der Waals surface area contributed by atoms with Crippen LogP contribution in [0.1, 0.15) is 20.7 Å². The van der Waals surface area contributed by atoms with E-state index in [1.165, 1.54) is 38.4 Å². The van der Waals surface area contributed by atoms with Gasteiger partial charge in [0.1, 0.15) is 11.4 Å². The highest BCUT2D eigenvalue weighted by Gasteiger charge is 2.21. The minimum atomic E-state index is -0.843. The standard InChI is InChI=1S/C15H16N4O5/c1-18-12(17)11(13(21)19(2)15(18)23)10(20)7-24-14(22)8-3-5-9(16)6-4-8/h3-6H,7,16-17H2,1-2H3. The summed E-state index contributed by atoms with van der Waals surface area (Å²) in [6, 6.07) is 5.92. The maximum atomic E-state index is 12.2. The van der Waals surface area contributed by atoms with Gasteiger partial charge in [0.2, 0.25) is 5.78 Å². The quantitative estimate of drug-likeness (QED) is 0.428. The molecule has 0 atom stereocenters. The number of rotatable bonds is 4. The molecule has 4 N–H and O–H groups in total. The Morgan fingerprint density at radius 2 is 1.62 bits per heavy atom. The molecule has 1 heterocycles. The number of carbonyl (C=O) groups is 2. The van der Waals surface area contributed by atoms with Crippen LogP contribution in [0, 0.1) is 0 Å². The number of carbonyl (C=O) groups excluding carboxylic acids is 2. The van der Waals surface area contributed by atoms with E-state index < -0.39 is 35.2 Å². The van der Waals surface area contributed by atoms with Crippen LogP contribution in [-0.4, -0.2) is 27.5 Å². The molecular formula is C15H16N4O5. The number of hydrogen-bond acceptors (Lipinski definition) is 7. The van der Waals surface area contributed by atoms with Crippen LogP contribution in [0.4, 0.5) is 11.5 Å². The van der Waals surface area contributed by atoms with Gasteiger partial charge in [-0.25, -0.2) is 9.59 Å². The predicted octanol–water partition coefficient (Wildman–Crippen LogP) is -0.712. The molecule has 0 aliphatic carbocycles. The van der Waals surface area contributed by atoms with Gasteiger partial charge in [-0.2, -0.15) is 0 Å². The zero-order valence-corrected chi connectivity index (χ0v) is 13.1. The first-order chi connectivity index (χ1) is 11.2. The number of esters is 1. The van der Waals surface area contributed by atoms with Crippen molar-refractivity contribution in [3.8, 4) is 0 Å². The summed E-state index contributed by atoms with van der Waals surface area (Å²) in [7, 11) is 2.55. The first-order valence-corrected chi connectivity index (χ1v) is 6.85. The number of ether oxygens (including phenoxy) is 1. The zero-order valence-electron chi connectivity index (χ0n) is 13.1. The average molecular weight is 332 g/mol. The van der Waals surface area contributed by atoms with Crippen molar-refractivity contribution < 1.29 is 14.3 Å². The first-order valence-electron chi connectivity index (χ1n) is 6.85. The average Bonchev–Trinajstić information content (AvgIpc) is 2.57. The summed E-state index contributed by atoms with van der Waals surface area (Å²) in [5.41, 5.74) is 9.96. The van der Waals surface area contributed by atoms with Crippen LogP contribution >= 0.6 is 0 Å². The van der Waals surface area contributed by atoms with Crippen molar-refractivity contribution in [3.05, 3.63) is 56.2 Å². The van der Waals surface area contributed by atoms with Crippen molar-refractivity contribution >= 4 is 23.3 Å². The van der Waals surface area contributed by atoms with Crippen LogP contribution in [0.25, 0.3) is 0 Å². The van der Waals surface area contributed by atoms with Crippen LogP contribution in [-0.2, 0) is 18.8 Å². The Balaban J connectivity index is 2.22. The van der Waals surface area contributed by atoms with E-state index in [0.717, 1.165) is 9.13 Å². The number of nitrogen functional groups attached to an aromatic ring is 2. The van der Waals surface area contributed by atoms with Gasteiger partial charge in [0.05, 0.1) is 5.56 Å². The number of nitrogens with two attached hydrogens (primary N) is 2. The van der Waals surface area contributed by atoms with Gasteiger partial charge in [-0.15, -0.1) is 0 Å². The van der Waals surface area contributed by atoms with Crippen molar-refractivity contribution in [1.29, 1.82) is 0 Å². The highest BCUT2D eigenvalue weighted by Crippen LogP contribution is 2.08. The SMILES string of the molecule is Cn1c(N)c(C(=O)COC(=O)c2ccc(N)cc2)c(=O)n(C)c1=O. The number of ketones is 1. The maximum Gasteiger partial charge on any atom is 0.338 e. The van der Waals surface area contributed by atoms with Crippen molar-refractivity contribution in [2.24, 2.45) is 14.1 Å². The van der Waals surface area contributed by atoms with Crippen LogP contribution in [0.5, 0.6) is 0 Å². The molecule has 0 aliphatic heterocycles. The van der Waals surface area contributed by atoms with E-state index in [1.807, 2.05) is 0 Å². The lowest BCUT2D eigenvalue weighted by Crippen LogP contribution is -2.42. The van der Waals surface area contributed by atoms with E-state index in [4.69, 9.17) is 16.2 Å². The normalized spacial score (nSPS) is 10.4. The molecule has 1 aromatic carbocycles. The Morgan fingerprint density at radius 3 is 2.21 bits per heavy atom. The zero-order chi connectivity index (χ0) is 18.0. The van der Waals surface area contributed by atoms with E-state index in [2.05, 4.69) is 0 Å². The monoisotopic (exact) mass is 332 g/mol. The summed E-state index contributed by atoms with van der Waals surface area (Å²) < 4.78 is 6.61. The number of benzene rings is 1. The Kier molecular flexibility index (Phi) is 4.54. The molecule has 0 unspecified atom stereocenters. The van der Waals surface area contributed by atoms with Gasteiger partial charge in [-0.1, -0.05) is 0 Å². The molecule has 0 saturated carbocycles. The van der Waals surface area contributed by atoms with E-state index in [-0.39, 0.29) is 11.4 Å². The predicted molar refractivity (Wildman–Crippen MR) is 86.8 cm³/mol. The molecule has 0 radical (unpaired) electrons. The van der Waals surface area contributed by atoms with E-state index in [9.17, 15) is 19.2 Å². The van der Waals surface area contributed by atoms with Gasteiger partial charge < -0.3 is 16.2 Å². The highest BCUT2D eigenvalue weighted by molar-refractivity contribution is 6.02. The number of aromatic nitrogens is 2. The molecule has 9 heteroatoms. The Bertz CT molecular complexity index is 925. The molecule has 1 aromatic heterocycles. The maximum absolute atomic E-state index is 12.2. The summed E-state index contributed by atoms with van der Waals surface area (Å²) in [4.78, 5) is 47.8. The molecule has 24 heavy (non-hydrogen) atoms. The summed E-state index contributed by atoms with van der Waals surface area (Å²) in [6.45, 7) is -0.680. The molecule has 0 spiro atoms. The fourth-order valence-electron chi connectivity index (χ4n) is 2.03. The van der Waals surface area contributed by atoms with Crippen molar-refractivity contribution in [3.63, 3.8) is 0 Å². The molecule has 0 amide bonds. The number of anilines is 2. The third-order valence-corrected chi connectivity index (χ3v) is 3.47. The Labute approximate surface area is 136 Å². The van der Waals surface area contributed by atoms with Crippen LogP contribution in [0.15, 0.2) is 33.9 Å². The van der Waals surface area contributed by atoms with Crippen LogP contribution < -0.4 is 22.7 Å². The lowest BCUT2D eigenvalue weighted by Gasteiger charge is -2.11. The molecule has 0 aliphatic rings. The molecule has 0 bridgehead atoms.